The standard InChI is InChI=1S/C9H10O2.C2H7N/c1-2-4-8(5-3-1)10-6-9-7-11-9;1-3-2/h1-5,9H,6-7H2;3H,1-2H3. The zero-order chi connectivity index (χ0) is 10.2. The summed E-state index contributed by atoms with van der Waals surface area (Å²) >= 11 is 0. The van der Waals surface area contributed by atoms with Crippen LogP contribution in [0.4, 0.5) is 0 Å². The van der Waals surface area contributed by atoms with E-state index in [1.54, 1.807) is 0 Å². The molecule has 1 atom stereocenters. The fourth-order valence-corrected chi connectivity index (χ4v) is 0.870. The molecule has 0 radical (unpaired) electrons. The Morgan fingerprint density at radius 1 is 1.36 bits per heavy atom. The lowest BCUT2D eigenvalue weighted by Crippen LogP contribution is -2.03. The van der Waals surface area contributed by atoms with Gasteiger partial charge in [0.15, 0.2) is 0 Å². The molecular weight excluding hydrogens is 178 g/mol. The molecule has 1 unspecified atom stereocenters. The fraction of sp³-hybridized carbons (Fsp3) is 0.455. The van der Waals surface area contributed by atoms with Crippen LogP contribution in [0.1, 0.15) is 0 Å². The minimum Gasteiger partial charge on any atom is -0.491 e. The lowest BCUT2D eigenvalue weighted by atomic mass is 10.3. The Morgan fingerprint density at radius 2 is 1.93 bits per heavy atom. The van der Waals surface area contributed by atoms with Crippen LogP contribution in [0.2, 0.25) is 0 Å². The van der Waals surface area contributed by atoms with Gasteiger partial charge in [-0.2, -0.15) is 0 Å². The quantitative estimate of drug-likeness (QED) is 0.738. The molecule has 3 heteroatoms. The summed E-state index contributed by atoms with van der Waals surface area (Å²) in [6.07, 6.45) is 0.343. The summed E-state index contributed by atoms with van der Waals surface area (Å²) in [7, 11) is 3.75. The van der Waals surface area contributed by atoms with Crippen LogP contribution in [0.25, 0.3) is 0 Å². The molecule has 0 saturated carbocycles. The predicted octanol–water partition coefficient (Wildman–Crippen LogP) is 1.30. The van der Waals surface area contributed by atoms with Gasteiger partial charge in [-0.25, -0.2) is 0 Å². The van der Waals surface area contributed by atoms with E-state index in [0.29, 0.717) is 12.7 Å². The molecule has 1 aromatic rings. The molecule has 1 fully saturated rings. The highest BCUT2D eigenvalue weighted by Gasteiger charge is 2.22. The molecule has 78 valence electrons. The third-order valence-corrected chi connectivity index (χ3v) is 1.58. The van der Waals surface area contributed by atoms with Crippen molar-refractivity contribution in [1.82, 2.24) is 5.32 Å². The van der Waals surface area contributed by atoms with Crippen LogP contribution in [0, 0.1) is 0 Å². The number of benzene rings is 1. The van der Waals surface area contributed by atoms with Gasteiger partial charge in [-0.15, -0.1) is 0 Å². The van der Waals surface area contributed by atoms with Crippen LogP contribution in [-0.2, 0) is 4.74 Å². The van der Waals surface area contributed by atoms with E-state index in [0.717, 1.165) is 12.4 Å². The molecule has 1 N–H and O–H groups in total. The van der Waals surface area contributed by atoms with E-state index in [9.17, 15) is 0 Å². The summed E-state index contributed by atoms with van der Waals surface area (Å²) in [5, 5.41) is 2.75. The van der Waals surface area contributed by atoms with Crippen molar-refractivity contribution < 1.29 is 9.47 Å². The first-order valence-corrected chi connectivity index (χ1v) is 4.74. The summed E-state index contributed by atoms with van der Waals surface area (Å²) < 4.78 is 10.4. The van der Waals surface area contributed by atoms with Crippen LogP contribution in [-0.4, -0.2) is 33.4 Å². The van der Waals surface area contributed by atoms with Crippen molar-refractivity contribution in [3.63, 3.8) is 0 Å². The largest absolute Gasteiger partial charge is 0.491 e. The Hall–Kier alpha value is -1.06. The topological polar surface area (TPSA) is 33.8 Å². The molecule has 0 aromatic heterocycles. The molecule has 0 aliphatic carbocycles. The molecule has 1 aromatic carbocycles. The van der Waals surface area contributed by atoms with Gasteiger partial charge in [-0.05, 0) is 26.2 Å². The van der Waals surface area contributed by atoms with Crippen molar-refractivity contribution in [2.75, 3.05) is 27.3 Å². The van der Waals surface area contributed by atoms with Crippen LogP contribution in [0.3, 0.4) is 0 Å². The Labute approximate surface area is 85.0 Å². The average Bonchev–Trinajstić information content (AvgIpc) is 3.01. The van der Waals surface area contributed by atoms with E-state index in [2.05, 4.69) is 5.32 Å². The first kappa shape index (κ1) is 11.0. The highest BCUT2D eigenvalue weighted by Crippen LogP contribution is 2.13. The summed E-state index contributed by atoms with van der Waals surface area (Å²) in [4.78, 5) is 0. The average molecular weight is 195 g/mol. The molecule has 2 rings (SSSR count). The Morgan fingerprint density at radius 3 is 2.43 bits per heavy atom. The van der Waals surface area contributed by atoms with E-state index in [1.807, 2.05) is 44.4 Å². The number of rotatable bonds is 3. The van der Waals surface area contributed by atoms with Crippen molar-refractivity contribution in [3.8, 4) is 5.75 Å². The van der Waals surface area contributed by atoms with Gasteiger partial charge in [-0.3, -0.25) is 0 Å². The third kappa shape index (κ3) is 4.84. The SMILES string of the molecule is CNC.c1ccc(OCC2CO2)cc1. The van der Waals surface area contributed by atoms with Gasteiger partial charge in [0.25, 0.3) is 0 Å². The molecule has 1 aliphatic rings. The third-order valence-electron chi connectivity index (χ3n) is 1.58. The second-order valence-corrected chi connectivity index (χ2v) is 3.08. The predicted molar refractivity (Wildman–Crippen MR) is 56.7 cm³/mol. The lowest BCUT2D eigenvalue weighted by Gasteiger charge is -2.01. The molecule has 0 bridgehead atoms. The maximum atomic E-state index is 5.40. The van der Waals surface area contributed by atoms with Crippen molar-refractivity contribution >= 4 is 0 Å². The minimum absolute atomic E-state index is 0.343. The summed E-state index contributed by atoms with van der Waals surface area (Å²) in [6, 6.07) is 9.79. The smallest absolute Gasteiger partial charge is 0.119 e. The van der Waals surface area contributed by atoms with Gasteiger partial charge in [0.2, 0.25) is 0 Å². The first-order valence-electron chi connectivity index (χ1n) is 4.74. The fourth-order valence-electron chi connectivity index (χ4n) is 0.870. The van der Waals surface area contributed by atoms with E-state index in [4.69, 9.17) is 9.47 Å². The van der Waals surface area contributed by atoms with Crippen LogP contribution >= 0.6 is 0 Å². The van der Waals surface area contributed by atoms with Crippen molar-refractivity contribution in [2.45, 2.75) is 6.10 Å². The van der Waals surface area contributed by atoms with E-state index in [-0.39, 0.29) is 0 Å². The number of ether oxygens (including phenoxy) is 2. The summed E-state index contributed by atoms with van der Waals surface area (Å²) in [5.74, 6) is 0.919. The summed E-state index contributed by atoms with van der Waals surface area (Å²) in [5.41, 5.74) is 0. The van der Waals surface area contributed by atoms with Crippen molar-refractivity contribution in [2.24, 2.45) is 0 Å². The molecule has 14 heavy (non-hydrogen) atoms. The molecule has 0 amide bonds. The number of nitrogens with one attached hydrogen (secondary N) is 1. The van der Waals surface area contributed by atoms with Gasteiger partial charge in [0.1, 0.15) is 18.5 Å². The summed E-state index contributed by atoms with van der Waals surface area (Å²) in [6.45, 7) is 1.54. The zero-order valence-electron chi connectivity index (χ0n) is 8.69. The van der Waals surface area contributed by atoms with E-state index in [1.165, 1.54) is 0 Å². The molecular formula is C11H17NO2. The van der Waals surface area contributed by atoms with Gasteiger partial charge in [-0.1, -0.05) is 18.2 Å². The number of para-hydroxylation sites is 1. The van der Waals surface area contributed by atoms with Gasteiger partial charge >= 0.3 is 0 Å². The number of hydrogen-bond donors (Lipinski definition) is 1. The Balaban J connectivity index is 0.000000293. The highest BCUT2D eigenvalue weighted by molar-refractivity contribution is 5.20. The van der Waals surface area contributed by atoms with Crippen LogP contribution in [0.5, 0.6) is 5.75 Å². The van der Waals surface area contributed by atoms with E-state index >= 15 is 0 Å². The molecule has 3 nitrogen and oxygen atoms in total. The maximum Gasteiger partial charge on any atom is 0.119 e. The van der Waals surface area contributed by atoms with E-state index < -0.39 is 0 Å². The van der Waals surface area contributed by atoms with Crippen molar-refractivity contribution in [1.29, 1.82) is 0 Å². The minimum atomic E-state index is 0.343. The Kier molecular flexibility index (Phi) is 5.04. The number of hydrogen-bond acceptors (Lipinski definition) is 3. The molecule has 1 heterocycles. The van der Waals surface area contributed by atoms with Gasteiger partial charge in [0.05, 0.1) is 6.61 Å². The normalized spacial score (nSPS) is 18.0. The van der Waals surface area contributed by atoms with Crippen LogP contribution < -0.4 is 10.1 Å². The van der Waals surface area contributed by atoms with Gasteiger partial charge < -0.3 is 14.8 Å². The van der Waals surface area contributed by atoms with Gasteiger partial charge in [0, 0.05) is 0 Å². The Bertz CT molecular complexity index is 234. The lowest BCUT2D eigenvalue weighted by molar-refractivity contribution is 0.263. The molecule has 1 saturated heterocycles. The molecule has 0 spiro atoms. The second-order valence-electron chi connectivity index (χ2n) is 3.08. The monoisotopic (exact) mass is 195 g/mol. The van der Waals surface area contributed by atoms with Crippen LogP contribution in [0.15, 0.2) is 30.3 Å². The first-order chi connectivity index (χ1) is 6.86. The zero-order valence-corrected chi connectivity index (χ0v) is 8.69. The van der Waals surface area contributed by atoms with Crippen molar-refractivity contribution in [3.05, 3.63) is 30.3 Å². The molecule has 1 aliphatic heterocycles. The maximum absolute atomic E-state index is 5.40. The second kappa shape index (κ2) is 6.40. The highest BCUT2D eigenvalue weighted by atomic mass is 16.6. The number of epoxide rings is 1.